The number of benzene rings is 3. The molecule has 0 spiro atoms. The zero-order valence-electron chi connectivity index (χ0n) is 19.6. The fraction of sp³-hybridized carbons (Fsp3) is 0.120. The van der Waals surface area contributed by atoms with Crippen molar-refractivity contribution in [2.45, 2.75) is 23.2 Å². The summed E-state index contributed by atoms with van der Waals surface area (Å²) in [7, 11) is -3.16. The lowest BCUT2D eigenvalue weighted by Crippen LogP contribution is -2.63. The fourth-order valence-electron chi connectivity index (χ4n) is 4.36. The standard InChI is InChI=1S/C25H23F3N6O3S/c26-25(27,28)24(11-12-34(33-24)20-5-1-3-16(13-20)14-30-29)23(35)32-19-9-7-17(8-10-19)21-6-2-4-18-15-31-38(36,37)22(18)21/h1-14,31,33,36-37H,15,29H2,(H,32,35). The van der Waals surface area contributed by atoms with Crippen LogP contribution in [0.4, 0.5) is 24.5 Å². The summed E-state index contributed by atoms with van der Waals surface area (Å²) in [5, 5.41) is 6.86. The van der Waals surface area contributed by atoms with Gasteiger partial charge >= 0.3 is 6.18 Å². The quantitative estimate of drug-likeness (QED) is 0.158. The first-order valence-electron chi connectivity index (χ1n) is 11.3. The monoisotopic (exact) mass is 544 g/mol. The highest BCUT2D eigenvalue weighted by molar-refractivity contribution is 8.23. The summed E-state index contributed by atoms with van der Waals surface area (Å²) in [5.41, 5.74) is 2.23. The molecule has 198 valence electrons. The van der Waals surface area contributed by atoms with E-state index in [4.69, 9.17) is 5.84 Å². The van der Waals surface area contributed by atoms with Crippen LogP contribution in [0.2, 0.25) is 0 Å². The third kappa shape index (κ3) is 4.50. The lowest BCUT2D eigenvalue weighted by Gasteiger charge is -2.32. The van der Waals surface area contributed by atoms with Crippen LogP contribution in [0.1, 0.15) is 11.1 Å². The molecule has 0 aromatic heterocycles. The van der Waals surface area contributed by atoms with Crippen molar-refractivity contribution in [1.29, 1.82) is 0 Å². The maximum atomic E-state index is 14.3. The number of anilines is 2. The number of nitrogens with two attached hydrogens (primary N) is 1. The van der Waals surface area contributed by atoms with Crippen LogP contribution in [-0.2, 0) is 11.3 Å². The van der Waals surface area contributed by atoms with Gasteiger partial charge < -0.3 is 11.2 Å². The molecule has 2 heterocycles. The van der Waals surface area contributed by atoms with Crippen molar-refractivity contribution >= 4 is 34.3 Å². The third-order valence-electron chi connectivity index (χ3n) is 6.25. The van der Waals surface area contributed by atoms with E-state index in [1.807, 2.05) is 0 Å². The molecule has 9 nitrogen and oxygen atoms in total. The minimum absolute atomic E-state index is 0.134. The number of fused-ring (bicyclic) bond motifs is 1. The van der Waals surface area contributed by atoms with Crippen LogP contribution in [-0.4, -0.2) is 32.9 Å². The van der Waals surface area contributed by atoms with Gasteiger partial charge in [0, 0.05) is 24.0 Å². The van der Waals surface area contributed by atoms with Crippen molar-refractivity contribution in [3.8, 4) is 11.1 Å². The van der Waals surface area contributed by atoms with Gasteiger partial charge in [-0.25, -0.2) is 10.1 Å². The number of hydrogen-bond donors (Lipinski definition) is 6. The van der Waals surface area contributed by atoms with E-state index >= 15 is 0 Å². The van der Waals surface area contributed by atoms with Crippen molar-refractivity contribution in [3.05, 3.63) is 90.1 Å². The van der Waals surface area contributed by atoms with Gasteiger partial charge in [-0.05, 0) is 47.0 Å². The Morgan fingerprint density at radius 1 is 1.13 bits per heavy atom. The molecular formula is C25H23F3N6O3S. The Labute approximate surface area is 217 Å². The lowest BCUT2D eigenvalue weighted by molar-refractivity contribution is -0.183. The number of nitrogens with one attached hydrogen (secondary N) is 3. The number of hydrogen-bond acceptors (Lipinski definition) is 8. The van der Waals surface area contributed by atoms with Crippen molar-refractivity contribution < 1.29 is 27.1 Å². The molecule has 0 saturated carbocycles. The number of halogens is 3. The fourth-order valence-corrected chi connectivity index (χ4v) is 5.86. The molecule has 5 rings (SSSR count). The maximum Gasteiger partial charge on any atom is 0.421 e. The number of alkyl halides is 3. The topological polar surface area (TPSA) is 135 Å². The second kappa shape index (κ2) is 9.45. The Kier molecular flexibility index (Phi) is 6.41. The molecule has 0 saturated heterocycles. The zero-order chi connectivity index (χ0) is 27.1. The van der Waals surface area contributed by atoms with Gasteiger partial charge in [-0.3, -0.25) is 18.9 Å². The van der Waals surface area contributed by atoms with Crippen LogP contribution in [0.3, 0.4) is 0 Å². The summed E-state index contributed by atoms with van der Waals surface area (Å²) in [4.78, 5) is 13.4. The molecular weight excluding hydrogens is 521 g/mol. The van der Waals surface area contributed by atoms with Gasteiger partial charge in [-0.2, -0.15) is 18.3 Å². The molecule has 1 amide bonds. The second-order valence-corrected chi connectivity index (χ2v) is 10.5. The van der Waals surface area contributed by atoms with E-state index in [9.17, 15) is 27.1 Å². The highest BCUT2D eigenvalue weighted by Crippen LogP contribution is 2.54. The molecule has 0 radical (unpaired) electrons. The highest BCUT2D eigenvalue weighted by Gasteiger charge is 2.61. The van der Waals surface area contributed by atoms with Crippen LogP contribution in [0.15, 0.2) is 89.0 Å². The van der Waals surface area contributed by atoms with Crippen LogP contribution in [0.25, 0.3) is 11.1 Å². The molecule has 13 heteroatoms. The van der Waals surface area contributed by atoms with Crippen LogP contribution < -0.4 is 26.3 Å². The molecule has 1 atom stereocenters. The van der Waals surface area contributed by atoms with E-state index < -0.39 is 28.4 Å². The molecule has 7 N–H and O–H groups in total. The van der Waals surface area contributed by atoms with E-state index in [0.29, 0.717) is 33.8 Å². The largest absolute Gasteiger partial charge is 0.421 e. The van der Waals surface area contributed by atoms with Gasteiger partial charge in [0.25, 0.3) is 5.91 Å². The van der Waals surface area contributed by atoms with E-state index in [2.05, 4.69) is 20.6 Å². The minimum Gasteiger partial charge on any atom is -0.324 e. The number of amides is 1. The number of nitrogens with zero attached hydrogens (tertiary/aromatic N) is 2. The second-order valence-electron chi connectivity index (χ2n) is 8.67. The number of carbonyl (C=O) groups excluding carboxylic acids is 1. The first-order valence-corrected chi connectivity index (χ1v) is 12.8. The highest BCUT2D eigenvalue weighted by atomic mass is 32.3. The Bertz CT molecular complexity index is 1450. The van der Waals surface area contributed by atoms with E-state index in [0.717, 1.165) is 22.8 Å². The summed E-state index contributed by atoms with van der Waals surface area (Å²) in [6, 6.07) is 17.8. The normalized spacial score (nSPS) is 21.0. The van der Waals surface area contributed by atoms with Gasteiger partial charge in [-0.15, -0.1) is 10.8 Å². The van der Waals surface area contributed by atoms with E-state index in [1.165, 1.54) is 18.3 Å². The predicted molar refractivity (Wildman–Crippen MR) is 140 cm³/mol. The molecule has 38 heavy (non-hydrogen) atoms. The number of hydrazine groups is 1. The summed E-state index contributed by atoms with van der Waals surface area (Å²) in [5.74, 6) is 3.83. The molecule has 0 bridgehead atoms. The summed E-state index contributed by atoms with van der Waals surface area (Å²) in [6.45, 7) is 0.307. The molecule has 1 unspecified atom stereocenters. The smallest absolute Gasteiger partial charge is 0.324 e. The zero-order valence-corrected chi connectivity index (χ0v) is 20.4. The van der Waals surface area contributed by atoms with E-state index in [-0.39, 0.29) is 5.69 Å². The average Bonchev–Trinajstić information content (AvgIpc) is 3.48. The molecule has 0 fully saturated rings. The van der Waals surface area contributed by atoms with E-state index in [1.54, 1.807) is 54.6 Å². The predicted octanol–water partition coefficient (Wildman–Crippen LogP) is 4.55. The SMILES string of the molecule is NN=Cc1cccc(N2C=CC(C(=O)Nc3ccc(-c4cccc5c4S(O)(O)NC5)cc3)(C(F)(F)F)N2)c1. The van der Waals surface area contributed by atoms with Gasteiger partial charge in [-0.1, -0.05) is 42.5 Å². The summed E-state index contributed by atoms with van der Waals surface area (Å²) >= 11 is 0. The number of hydrazone groups is 1. The van der Waals surface area contributed by atoms with Gasteiger partial charge in [0.15, 0.2) is 0 Å². The average molecular weight is 545 g/mol. The van der Waals surface area contributed by atoms with Gasteiger partial charge in [0.05, 0.1) is 16.8 Å². The summed E-state index contributed by atoms with van der Waals surface area (Å²) in [6.07, 6.45) is -1.73. The Hall–Kier alpha value is -3.88. The van der Waals surface area contributed by atoms with Crippen LogP contribution in [0.5, 0.6) is 0 Å². The van der Waals surface area contributed by atoms with Crippen molar-refractivity contribution in [3.63, 3.8) is 0 Å². The summed E-state index contributed by atoms with van der Waals surface area (Å²) < 4.78 is 66.2. The third-order valence-corrected chi connectivity index (χ3v) is 7.84. The number of rotatable bonds is 5. The Morgan fingerprint density at radius 3 is 2.58 bits per heavy atom. The molecule has 2 aliphatic heterocycles. The molecule has 3 aromatic rings. The maximum absolute atomic E-state index is 14.3. The molecule has 0 aliphatic carbocycles. The lowest BCUT2D eigenvalue weighted by atomic mass is 9.99. The van der Waals surface area contributed by atoms with Crippen molar-refractivity contribution in [2.24, 2.45) is 10.9 Å². The minimum atomic E-state index is -4.97. The van der Waals surface area contributed by atoms with Crippen LogP contribution >= 0.6 is 10.8 Å². The van der Waals surface area contributed by atoms with Gasteiger partial charge in [0.2, 0.25) is 5.54 Å². The molecule has 3 aromatic carbocycles. The van der Waals surface area contributed by atoms with Gasteiger partial charge in [0.1, 0.15) is 0 Å². The Balaban J connectivity index is 1.38. The first-order chi connectivity index (χ1) is 18.0. The Morgan fingerprint density at radius 2 is 1.87 bits per heavy atom. The van der Waals surface area contributed by atoms with Crippen LogP contribution in [0, 0.1) is 0 Å². The van der Waals surface area contributed by atoms with Crippen molar-refractivity contribution in [2.75, 3.05) is 10.3 Å². The first kappa shape index (κ1) is 25.8. The molecule has 2 aliphatic rings. The van der Waals surface area contributed by atoms with Crippen molar-refractivity contribution in [1.82, 2.24) is 10.1 Å². The number of carbonyl (C=O) groups is 1.